The van der Waals surface area contributed by atoms with E-state index in [0.29, 0.717) is 0 Å². The average Bonchev–Trinajstić information content (AvgIpc) is 2.58. The van der Waals surface area contributed by atoms with E-state index in [2.05, 4.69) is 105 Å². The Bertz CT molecular complexity index is 663. The van der Waals surface area contributed by atoms with Gasteiger partial charge in [-0.15, -0.1) is 0 Å². The third-order valence-corrected chi connectivity index (χ3v) is 8.39. The Balaban J connectivity index is 2.14. The normalized spacial score (nSPS) is 11.6. The van der Waals surface area contributed by atoms with E-state index in [1.807, 2.05) is 0 Å². The largest absolute Gasteiger partial charge is 0.112 e. The van der Waals surface area contributed by atoms with Crippen molar-refractivity contribution in [3.8, 4) is 0 Å². The molecule has 0 aliphatic heterocycles. The van der Waals surface area contributed by atoms with E-state index in [1.165, 1.54) is 15.9 Å². The molecule has 0 spiro atoms. The lowest BCUT2D eigenvalue weighted by molar-refractivity contribution is 0.747. The fourth-order valence-electron chi connectivity index (χ4n) is 3.35. The summed E-state index contributed by atoms with van der Waals surface area (Å²) < 4.78 is 0. The van der Waals surface area contributed by atoms with E-state index in [9.17, 15) is 0 Å². The minimum absolute atomic E-state index is 0.157. The molecule has 0 atom stereocenters. The van der Waals surface area contributed by atoms with Gasteiger partial charge in [0.2, 0.25) is 0 Å². The zero-order valence-electron chi connectivity index (χ0n) is 13.2. The van der Waals surface area contributed by atoms with Gasteiger partial charge in [0.1, 0.15) is 8.80 Å². The minimum Gasteiger partial charge on any atom is -0.0629 e. The fraction of sp³-hybridized carbons (Fsp3) is 0.143. The van der Waals surface area contributed by atoms with Crippen molar-refractivity contribution in [2.24, 2.45) is 0 Å². The van der Waals surface area contributed by atoms with Crippen LogP contribution in [0.25, 0.3) is 0 Å². The maximum atomic E-state index is 2.40. The zero-order chi connectivity index (χ0) is 15.4. The lowest BCUT2D eigenvalue weighted by Gasteiger charge is -2.34. The number of rotatable bonds is 4. The molecule has 3 aromatic rings. The van der Waals surface area contributed by atoms with E-state index in [-0.39, 0.29) is 5.04 Å². The van der Waals surface area contributed by atoms with Crippen LogP contribution in [-0.4, -0.2) is 8.80 Å². The zero-order valence-corrected chi connectivity index (χ0v) is 14.4. The first-order chi connectivity index (χ1) is 10.7. The van der Waals surface area contributed by atoms with Crippen LogP contribution in [0.15, 0.2) is 91.0 Å². The summed E-state index contributed by atoms with van der Waals surface area (Å²) in [6.45, 7) is 4.80. The van der Waals surface area contributed by atoms with Crippen molar-refractivity contribution in [1.82, 2.24) is 0 Å². The SMILES string of the molecule is CC(C)(c1ccccc1)[SiH](c1ccccc1)c1ccccc1. The monoisotopic (exact) mass is 302 g/mol. The summed E-state index contributed by atoms with van der Waals surface area (Å²) in [6.07, 6.45) is 0. The Kier molecular flexibility index (Phi) is 4.26. The molecule has 3 aromatic carbocycles. The summed E-state index contributed by atoms with van der Waals surface area (Å²) in [5, 5.41) is 3.16. The molecule has 1 heteroatoms. The van der Waals surface area contributed by atoms with Crippen molar-refractivity contribution in [1.29, 1.82) is 0 Å². The number of hydrogen-bond acceptors (Lipinski definition) is 0. The smallest absolute Gasteiger partial charge is 0.0629 e. The highest BCUT2D eigenvalue weighted by Gasteiger charge is 2.35. The summed E-state index contributed by atoms with van der Waals surface area (Å²) in [5.74, 6) is 0. The van der Waals surface area contributed by atoms with E-state index in [4.69, 9.17) is 0 Å². The van der Waals surface area contributed by atoms with Crippen LogP contribution in [0.5, 0.6) is 0 Å². The summed E-state index contributed by atoms with van der Waals surface area (Å²) in [5.41, 5.74) is 1.43. The minimum atomic E-state index is -1.39. The van der Waals surface area contributed by atoms with Crippen molar-refractivity contribution in [3.05, 3.63) is 96.6 Å². The average molecular weight is 302 g/mol. The molecule has 22 heavy (non-hydrogen) atoms. The molecule has 0 heterocycles. The Hall–Kier alpha value is -2.12. The second kappa shape index (κ2) is 6.33. The molecule has 0 fully saturated rings. The molecule has 0 saturated heterocycles. The standard InChI is InChI=1S/C21H22Si/c1-21(2,18-12-6-3-7-13-18)22(19-14-8-4-9-15-19)20-16-10-5-11-17-20/h3-17,22H,1-2H3. The Morgan fingerprint density at radius 2 is 0.909 bits per heavy atom. The van der Waals surface area contributed by atoms with Gasteiger partial charge in [0, 0.05) is 0 Å². The highest BCUT2D eigenvalue weighted by atomic mass is 28.3. The Labute approximate surface area is 135 Å². The van der Waals surface area contributed by atoms with Gasteiger partial charge >= 0.3 is 0 Å². The molecule has 0 unspecified atom stereocenters. The molecule has 110 valence electrons. The Morgan fingerprint density at radius 1 is 0.545 bits per heavy atom. The Morgan fingerprint density at radius 3 is 1.32 bits per heavy atom. The molecular weight excluding hydrogens is 280 g/mol. The molecule has 0 N–H and O–H groups in total. The quantitative estimate of drug-likeness (QED) is 0.647. The van der Waals surface area contributed by atoms with Crippen LogP contribution in [0.1, 0.15) is 19.4 Å². The molecule has 0 aromatic heterocycles. The van der Waals surface area contributed by atoms with Crippen LogP contribution in [-0.2, 0) is 5.04 Å². The molecule has 0 bridgehead atoms. The van der Waals surface area contributed by atoms with Gasteiger partial charge < -0.3 is 0 Å². The van der Waals surface area contributed by atoms with Crippen molar-refractivity contribution < 1.29 is 0 Å². The van der Waals surface area contributed by atoms with E-state index in [1.54, 1.807) is 0 Å². The van der Waals surface area contributed by atoms with Crippen LogP contribution in [0.3, 0.4) is 0 Å². The fourth-order valence-corrected chi connectivity index (χ4v) is 7.14. The summed E-state index contributed by atoms with van der Waals surface area (Å²) >= 11 is 0. The van der Waals surface area contributed by atoms with Gasteiger partial charge in [-0.05, 0) is 10.6 Å². The van der Waals surface area contributed by atoms with E-state index >= 15 is 0 Å². The third kappa shape index (κ3) is 2.90. The summed E-state index contributed by atoms with van der Waals surface area (Å²) in [7, 11) is -1.39. The van der Waals surface area contributed by atoms with Crippen LogP contribution in [0.4, 0.5) is 0 Å². The van der Waals surface area contributed by atoms with Crippen molar-refractivity contribution in [2.45, 2.75) is 18.9 Å². The lowest BCUT2D eigenvalue weighted by Crippen LogP contribution is -2.55. The summed E-state index contributed by atoms with van der Waals surface area (Å²) in [6, 6.07) is 33.0. The van der Waals surface area contributed by atoms with Gasteiger partial charge in [-0.2, -0.15) is 0 Å². The van der Waals surface area contributed by atoms with Gasteiger partial charge in [-0.3, -0.25) is 0 Å². The first-order valence-electron chi connectivity index (χ1n) is 7.85. The summed E-state index contributed by atoms with van der Waals surface area (Å²) in [4.78, 5) is 0. The molecule has 0 nitrogen and oxygen atoms in total. The van der Waals surface area contributed by atoms with Gasteiger partial charge in [0.25, 0.3) is 0 Å². The molecule has 3 rings (SSSR count). The second-order valence-electron chi connectivity index (χ2n) is 6.34. The molecule has 0 radical (unpaired) electrons. The highest BCUT2D eigenvalue weighted by molar-refractivity contribution is 6.87. The van der Waals surface area contributed by atoms with Crippen LogP contribution in [0, 0.1) is 0 Å². The van der Waals surface area contributed by atoms with Gasteiger partial charge in [-0.1, -0.05) is 115 Å². The first kappa shape index (κ1) is 14.8. The maximum absolute atomic E-state index is 2.40. The van der Waals surface area contributed by atoms with E-state index < -0.39 is 8.80 Å². The maximum Gasteiger partial charge on any atom is 0.112 e. The number of hydrogen-bond donors (Lipinski definition) is 0. The molecule has 0 aliphatic carbocycles. The molecule has 0 saturated carbocycles. The van der Waals surface area contributed by atoms with Gasteiger partial charge in [-0.25, -0.2) is 0 Å². The van der Waals surface area contributed by atoms with E-state index in [0.717, 1.165) is 0 Å². The van der Waals surface area contributed by atoms with Crippen molar-refractivity contribution in [2.75, 3.05) is 0 Å². The topological polar surface area (TPSA) is 0 Å². The lowest BCUT2D eigenvalue weighted by atomic mass is 10.0. The van der Waals surface area contributed by atoms with Gasteiger partial charge in [0.15, 0.2) is 0 Å². The molecular formula is C21H22Si. The molecule has 0 amide bonds. The van der Waals surface area contributed by atoms with Crippen LogP contribution < -0.4 is 10.4 Å². The van der Waals surface area contributed by atoms with Gasteiger partial charge in [0.05, 0.1) is 0 Å². The second-order valence-corrected chi connectivity index (χ2v) is 9.98. The number of benzene rings is 3. The van der Waals surface area contributed by atoms with Crippen molar-refractivity contribution in [3.63, 3.8) is 0 Å². The predicted octanol–water partition coefficient (Wildman–Crippen LogP) is 3.54. The third-order valence-electron chi connectivity index (χ3n) is 4.51. The predicted molar refractivity (Wildman–Crippen MR) is 98.8 cm³/mol. The van der Waals surface area contributed by atoms with Crippen molar-refractivity contribution >= 4 is 19.2 Å². The molecule has 0 aliphatic rings. The first-order valence-corrected chi connectivity index (χ1v) is 9.58. The van der Waals surface area contributed by atoms with Crippen LogP contribution >= 0.6 is 0 Å². The highest BCUT2D eigenvalue weighted by Crippen LogP contribution is 2.26. The van der Waals surface area contributed by atoms with Crippen LogP contribution in [0.2, 0.25) is 0 Å².